The average Bonchev–Trinajstić information content (AvgIpc) is 3.17. The highest BCUT2D eigenvalue weighted by atomic mass is 35.5. The summed E-state index contributed by atoms with van der Waals surface area (Å²) in [6.07, 6.45) is 1.68. The molecule has 0 spiro atoms. The van der Waals surface area contributed by atoms with Gasteiger partial charge >= 0.3 is 5.63 Å². The predicted octanol–water partition coefficient (Wildman–Crippen LogP) is 3.86. The third kappa shape index (κ3) is 3.65. The second-order valence-electron chi connectivity index (χ2n) is 5.95. The molecule has 4 aromatic rings. The zero-order chi connectivity index (χ0) is 19.5. The summed E-state index contributed by atoms with van der Waals surface area (Å²) in [5, 5.41) is 15.3. The number of hydrogen-bond acceptors (Lipinski definition) is 7. The van der Waals surface area contributed by atoms with Crippen molar-refractivity contribution in [1.29, 1.82) is 0 Å². The van der Waals surface area contributed by atoms with E-state index in [2.05, 4.69) is 15.1 Å². The van der Waals surface area contributed by atoms with Crippen LogP contribution in [0.2, 0.25) is 5.02 Å². The van der Waals surface area contributed by atoms with Crippen LogP contribution in [0, 0.1) is 0 Å². The predicted molar refractivity (Wildman–Crippen MR) is 105 cm³/mol. The minimum Gasteiger partial charge on any atom is -0.506 e. The van der Waals surface area contributed by atoms with Crippen molar-refractivity contribution < 1.29 is 14.0 Å². The summed E-state index contributed by atoms with van der Waals surface area (Å²) < 4.78 is 10.4. The first-order valence-electron chi connectivity index (χ1n) is 8.45. The molecule has 0 atom stereocenters. The van der Waals surface area contributed by atoms with Gasteiger partial charge in [-0.05, 0) is 36.4 Å². The van der Waals surface area contributed by atoms with E-state index in [0.29, 0.717) is 40.7 Å². The van der Waals surface area contributed by atoms with Gasteiger partial charge in [0.05, 0.1) is 5.39 Å². The van der Waals surface area contributed by atoms with Crippen LogP contribution in [-0.2, 0) is 6.42 Å². The van der Waals surface area contributed by atoms with Crippen molar-refractivity contribution >= 4 is 28.8 Å². The molecule has 0 saturated carbocycles. The standard InChI is InChI=1S/C20H14ClN3O4/c21-13-7-5-12(6-8-13)19-23-17(28-24-19)9-10-22-11-15-18(25)14-3-1-2-4-16(14)27-20(15)26/h1-8,11,25H,9-10H2. The largest absolute Gasteiger partial charge is 0.506 e. The SMILES string of the molecule is O=c1oc2ccccc2c(O)c1C=NCCc1nc(-c2ccc(Cl)cc2)no1. The van der Waals surface area contributed by atoms with E-state index < -0.39 is 5.63 Å². The Hall–Kier alpha value is -3.45. The van der Waals surface area contributed by atoms with E-state index in [1.165, 1.54) is 6.21 Å². The van der Waals surface area contributed by atoms with Gasteiger partial charge in [-0.3, -0.25) is 4.99 Å². The molecule has 2 aromatic carbocycles. The molecule has 0 amide bonds. The van der Waals surface area contributed by atoms with Gasteiger partial charge in [0.2, 0.25) is 11.7 Å². The van der Waals surface area contributed by atoms with Crippen molar-refractivity contribution in [2.75, 3.05) is 6.54 Å². The molecule has 0 radical (unpaired) electrons. The lowest BCUT2D eigenvalue weighted by molar-refractivity contribution is 0.380. The van der Waals surface area contributed by atoms with Crippen molar-refractivity contribution in [1.82, 2.24) is 10.1 Å². The Bertz CT molecular complexity index is 1210. The number of nitrogens with zero attached hydrogens (tertiary/aromatic N) is 3. The lowest BCUT2D eigenvalue weighted by Gasteiger charge is -2.01. The van der Waals surface area contributed by atoms with Crippen LogP contribution in [0.5, 0.6) is 5.75 Å². The number of benzene rings is 2. The lowest BCUT2D eigenvalue weighted by Crippen LogP contribution is -2.07. The lowest BCUT2D eigenvalue weighted by atomic mass is 10.1. The van der Waals surface area contributed by atoms with E-state index in [1.54, 1.807) is 48.5 Å². The van der Waals surface area contributed by atoms with Gasteiger partial charge in [0.25, 0.3) is 0 Å². The third-order valence-corrected chi connectivity index (χ3v) is 4.32. The van der Waals surface area contributed by atoms with Crippen LogP contribution in [0.15, 0.2) is 67.3 Å². The maximum absolute atomic E-state index is 12.0. The Morgan fingerprint density at radius 2 is 1.93 bits per heavy atom. The second-order valence-corrected chi connectivity index (χ2v) is 6.39. The van der Waals surface area contributed by atoms with Crippen LogP contribution in [0.25, 0.3) is 22.4 Å². The number of aromatic nitrogens is 2. The smallest absolute Gasteiger partial charge is 0.348 e. The van der Waals surface area contributed by atoms with Crippen molar-refractivity contribution in [2.24, 2.45) is 4.99 Å². The number of fused-ring (bicyclic) bond motifs is 1. The van der Waals surface area contributed by atoms with Crippen molar-refractivity contribution in [2.45, 2.75) is 6.42 Å². The number of para-hydroxylation sites is 1. The number of aromatic hydroxyl groups is 1. The second kappa shape index (κ2) is 7.66. The molecule has 4 rings (SSSR count). The van der Waals surface area contributed by atoms with Crippen molar-refractivity contribution in [3.63, 3.8) is 0 Å². The molecule has 0 fully saturated rings. The van der Waals surface area contributed by atoms with Gasteiger partial charge < -0.3 is 14.0 Å². The molecule has 7 nitrogen and oxygen atoms in total. The summed E-state index contributed by atoms with van der Waals surface area (Å²) in [6.45, 7) is 0.300. The van der Waals surface area contributed by atoms with Crippen LogP contribution in [0.1, 0.15) is 11.5 Å². The topological polar surface area (TPSA) is 102 Å². The van der Waals surface area contributed by atoms with Crippen LogP contribution >= 0.6 is 11.6 Å². The molecule has 140 valence electrons. The molecule has 8 heteroatoms. The van der Waals surface area contributed by atoms with Crippen LogP contribution < -0.4 is 5.63 Å². The Morgan fingerprint density at radius 3 is 2.75 bits per heavy atom. The fourth-order valence-corrected chi connectivity index (χ4v) is 2.78. The Balaban J connectivity index is 1.46. The minimum atomic E-state index is -0.650. The molecule has 0 unspecified atom stereocenters. The molecular weight excluding hydrogens is 382 g/mol. The van der Waals surface area contributed by atoms with E-state index in [-0.39, 0.29) is 11.3 Å². The maximum atomic E-state index is 12.0. The minimum absolute atomic E-state index is 0.00563. The fourth-order valence-electron chi connectivity index (χ4n) is 2.65. The first kappa shape index (κ1) is 17.9. The Labute approximate surface area is 163 Å². The number of aliphatic imine (C=N–C) groups is 1. The first-order valence-corrected chi connectivity index (χ1v) is 8.83. The maximum Gasteiger partial charge on any atom is 0.348 e. The monoisotopic (exact) mass is 395 g/mol. The Kier molecular flexibility index (Phi) is 4.90. The van der Waals surface area contributed by atoms with Gasteiger partial charge in [-0.1, -0.05) is 28.9 Å². The summed E-state index contributed by atoms with van der Waals surface area (Å²) in [5.74, 6) is 0.721. The summed E-state index contributed by atoms with van der Waals surface area (Å²) in [4.78, 5) is 20.5. The zero-order valence-corrected chi connectivity index (χ0v) is 15.3. The molecular formula is C20H14ClN3O4. The van der Waals surface area contributed by atoms with Crippen molar-refractivity contribution in [3.05, 3.63) is 75.4 Å². The third-order valence-electron chi connectivity index (χ3n) is 4.07. The molecule has 28 heavy (non-hydrogen) atoms. The highest BCUT2D eigenvalue weighted by molar-refractivity contribution is 6.30. The quantitative estimate of drug-likeness (QED) is 0.406. The van der Waals surface area contributed by atoms with E-state index >= 15 is 0 Å². The van der Waals surface area contributed by atoms with E-state index in [0.717, 1.165) is 5.56 Å². The first-order chi connectivity index (χ1) is 13.6. The van der Waals surface area contributed by atoms with Crippen LogP contribution in [-0.4, -0.2) is 28.0 Å². The number of hydrogen-bond donors (Lipinski definition) is 1. The van der Waals surface area contributed by atoms with E-state index in [9.17, 15) is 9.90 Å². The summed E-state index contributed by atoms with van der Waals surface area (Å²) in [6, 6.07) is 13.9. The molecule has 1 N–H and O–H groups in total. The van der Waals surface area contributed by atoms with Gasteiger partial charge in [-0.2, -0.15) is 4.98 Å². The highest BCUT2D eigenvalue weighted by Crippen LogP contribution is 2.24. The number of halogens is 1. The normalized spacial score (nSPS) is 11.5. The number of rotatable bonds is 5. The molecule has 0 aliphatic carbocycles. The van der Waals surface area contributed by atoms with E-state index in [1.807, 2.05) is 0 Å². The molecule has 2 heterocycles. The Morgan fingerprint density at radius 1 is 1.14 bits per heavy atom. The zero-order valence-electron chi connectivity index (χ0n) is 14.5. The summed E-state index contributed by atoms with van der Waals surface area (Å²) in [7, 11) is 0. The van der Waals surface area contributed by atoms with Crippen LogP contribution in [0.3, 0.4) is 0 Å². The molecule has 2 aromatic heterocycles. The molecule has 0 aliphatic heterocycles. The van der Waals surface area contributed by atoms with Gasteiger partial charge in [-0.15, -0.1) is 0 Å². The van der Waals surface area contributed by atoms with E-state index in [4.69, 9.17) is 20.5 Å². The van der Waals surface area contributed by atoms with Gasteiger partial charge in [-0.25, -0.2) is 4.79 Å². The molecule has 0 aliphatic rings. The average molecular weight is 396 g/mol. The van der Waals surface area contributed by atoms with Gasteiger partial charge in [0, 0.05) is 29.8 Å². The van der Waals surface area contributed by atoms with Crippen LogP contribution in [0.4, 0.5) is 0 Å². The molecule has 0 saturated heterocycles. The molecule has 0 bridgehead atoms. The summed E-state index contributed by atoms with van der Waals surface area (Å²) >= 11 is 5.87. The van der Waals surface area contributed by atoms with Gasteiger partial charge in [0.1, 0.15) is 16.9 Å². The fraction of sp³-hybridized carbons (Fsp3) is 0.100. The summed E-state index contributed by atoms with van der Waals surface area (Å²) in [5.41, 5.74) is 0.471. The van der Waals surface area contributed by atoms with Gasteiger partial charge in [0.15, 0.2) is 0 Å². The van der Waals surface area contributed by atoms with Crippen molar-refractivity contribution in [3.8, 4) is 17.1 Å². The highest BCUT2D eigenvalue weighted by Gasteiger charge is 2.12.